The van der Waals surface area contributed by atoms with Gasteiger partial charge in [-0.1, -0.05) is 17.4 Å². The zero-order valence-electron chi connectivity index (χ0n) is 13.4. The summed E-state index contributed by atoms with van der Waals surface area (Å²) in [5.41, 5.74) is 1.69. The van der Waals surface area contributed by atoms with Crippen LogP contribution in [0.25, 0.3) is 10.6 Å². The van der Waals surface area contributed by atoms with E-state index in [1.54, 1.807) is 6.20 Å². The minimum absolute atomic E-state index is 0.0992. The van der Waals surface area contributed by atoms with E-state index >= 15 is 0 Å². The zero-order valence-corrected chi connectivity index (χ0v) is 14.2. The zero-order chi connectivity index (χ0) is 16.7. The summed E-state index contributed by atoms with van der Waals surface area (Å²) in [6.07, 6.45) is 4.18. The molecule has 2 amide bonds. The number of nitrogens with zero attached hydrogens (tertiary/aromatic N) is 3. The normalized spacial score (nSPS) is 20.5. The number of thiazole rings is 1. The molecular weight excluding hydrogens is 324 g/mol. The Bertz CT molecular complexity index is 785. The lowest BCUT2D eigenvalue weighted by Gasteiger charge is -2.14. The molecule has 24 heavy (non-hydrogen) atoms. The minimum Gasteiger partial charge on any atom is -0.339 e. The topological polar surface area (TPSA) is 75.2 Å². The van der Waals surface area contributed by atoms with E-state index in [0.29, 0.717) is 24.1 Å². The van der Waals surface area contributed by atoms with Crippen molar-refractivity contribution in [2.45, 2.75) is 32.2 Å². The fourth-order valence-corrected chi connectivity index (χ4v) is 3.98. The van der Waals surface area contributed by atoms with Gasteiger partial charge in [0.2, 0.25) is 11.8 Å². The van der Waals surface area contributed by atoms with E-state index in [9.17, 15) is 9.59 Å². The summed E-state index contributed by atoms with van der Waals surface area (Å²) in [6, 6.07) is 6.09. The van der Waals surface area contributed by atoms with E-state index in [-0.39, 0.29) is 17.7 Å². The van der Waals surface area contributed by atoms with Gasteiger partial charge in [-0.15, -0.1) is 0 Å². The molecule has 1 aliphatic heterocycles. The molecule has 1 N–H and O–H groups in total. The standard InChI is InChI=1S/C17H18N4O2S/c1-10-15(13-4-2-3-7-18-13)24-17(19-10)20-16(23)11-8-14(22)21(9-11)12-5-6-12/h2-4,7,11-12H,5-6,8-9H2,1H3,(H,19,20,23)/t11-/m0/s1. The van der Waals surface area contributed by atoms with E-state index in [1.807, 2.05) is 30.0 Å². The van der Waals surface area contributed by atoms with E-state index in [0.717, 1.165) is 29.1 Å². The molecule has 0 aromatic carbocycles. The highest BCUT2D eigenvalue weighted by Gasteiger charge is 2.41. The third kappa shape index (κ3) is 2.91. The molecule has 0 bridgehead atoms. The molecule has 2 fully saturated rings. The Balaban J connectivity index is 1.46. The molecule has 4 rings (SSSR count). The van der Waals surface area contributed by atoms with Gasteiger partial charge in [-0.05, 0) is 31.9 Å². The summed E-state index contributed by atoms with van der Waals surface area (Å²) in [4.78, 5) is 36.0. The first-order chi connectivity index (χ1) is 11.6. The Labute approximate surface area is 143 Å². The Morgan fingerprint density at radius 3 is 2.92 bits per heavy atom. The molecule has 2 aliphatic rings. The maximum absolute atomic E-state index is 12.5. The predicted octanol–water partition coefficient (Wildman–Crippen LogP) is 2.46. The highest BCUT2D eigenvalue weighted by Crippen LogP contribution is 2.34. The first-order valence-corrected chi connectivity index (χ1v) is 8.92. The van der Waals surface area contributed by atoms with Crippen molar-refractivity contribution in [3.63, 3.8) is 0 Å². The molecule has 1 aliphatic carbocycles. The maximum Gasteiger partial charge on any atom is 0.231 e. The van der Waals surface area contributed by atoms with Crippen molar-refractivity contribution in [1.29, 1.82) is 0 Å². The van der Waals surface area contributed by atoms with Gasteiger partial charge in [-0.25, -0.2) is 4.98 Å². The van der Waals surface area contributed by atoms with Crippen LogP contribution in [-0.2, 0) is 9.59 Å². The summed E-state index contributed by atoms with van der Waals surface area (Å²) >= 11 is 1.42. The van der Waals surface area contributed by atoms with Gasteiger partial charge >= 0.3 is 0 Å². The Kier molecular flexibility index (Phi) is 3.80. The number of hydrogen-bond acceptors (Lipinski definition) is 5. The highest BCUT2D eigenvalue weighted by molar-refractivity contribution is 7.19. The van der Waals surface area contributed by atoms with Crippen LogP contribution in [0.4, 0.5) is 5.13 Å². The van der Waals surface area contributed by atoms with Crippen LogP contribution in [0.2, 0.25) is 0 Å². The summed E-state index contributed by atoms with van der Waals surface area (Å²) in [7, 11) is 0. The van der Waals surface area contributed by atoms with Crippen molar-refractivity contribution in [3.8, 4) is 10.6 Å². The number of aryl methyl sites for hydroxylation is 1. The molecular formula is C17H18N4O2S. The van der Waals surface area contributed by atoms with Gasteiger partial charge in [0.15, 0.2) is 5.13 Å². The molecule has 0 radical (unpaired) electrons. The number of rotatable bonds is 4. The van der Waals surface area contributed by atoms with Crippen molar-refractivity contribution < 1.29 is 9.59 Å². The number of likely N-dealkylation sites (tertiary alicyclic amines) is 1. The van der Waals surface area contributed by atoms with Gasteiger partial charge in [0.1, 0.15) is 0 Å². The Hall–Kier alpha value is -2.28. The quantitative estimate of drug-likeness (QED) is 0.926. The van der Waals surface area contributed by atoms with Gasteiger partial charge in [0.25, 0.3) is 0 Å². The lowest BCUT2D eigenvalue weighted by atomic mass is 10.1. The van der Waals surface area contributed by atoms with Crippen LogP contribution in [0.1, 0.15) is 25.0 Å². The number of pyridine rings is 1. The van der Waals surface area contributed by atoms with E-state index in [4.69, 9.17) is 0 Å². The predicted molar refractivity (Wildman–Crippen MR) is 91.6 cm³/mol. The van der Waals surface area contributed by atoms with Gasteiger partial charge < -0.3 is 10.2 Å². The largest absolute Gasteiger partial charge is 0.339 e. The average molecular weight is 342 g/mol. The molecule has 0 unspecified atom stereocenters. The summed E-state index contributed by atoms with van der Waals surface area (Å²) < 4.78 is 0. The molecule has 2 aromatic heterocycles. The molecule has 124 valence electrons. The molecule has 2 aromatic rings. The summed E-state index contributed by atoms with van der Waals surface area (Å²) in [6.45, 7) is 2.44. The van der Waals surface area contributed by atoms with Crippen molar-refractivity contribution in [2.75, 3.05) is 11.9 Å². The summed E-state index contributed by atoms with van der Waals surface area (Å²) in [5, 5.41) is 3.44. The van der Waals surface area contributed by atoms with Gasteiger partial charge in [-0.2, -0.15) is 0 Å². The van der Waals surface area contributed by atoms with Crippen molar-refractivity contribution in [2.24, 2.45) is 5.92 Å². The Morgan fingerprint density at radius 2 is 2.21 bits per heavy atom. The fourth-order valence-electron chi connectivity index (χ4n) is 3.04. The molecule has 0 spiro atoms. The first kappa shape index (κ1) is 15.3. The van der Waals surface area contributed by atoms with Crippen LogP contribution in [0, 0.1) is 12.8 Å². The molecule has 6 nitrogen and oxygen atoms in total. The highest BCUT2D eigenvalue weighted by atomic mass is 32.1. The third-order valence-corrected chi connectivity index (χ3v) is 5.54. The second-order valence-corrected chi connectivity index (χ2v) is 7.32. The first-order valence-electron chi connectivity index (χ1n) is 8.11. The van der Waals surface area contributed by atoms with Crippen LogP contribution >= 0.6 is 11.3 Å². The van der Waals surface area contributed by atoms with Gasteiger partial charge in [0, 0.05) is 25.2 Å². The number of aromatic nitrogens is 2. The fraction of sp³-hybridized carbons (Fsp3) is 0.412. The molecule has 1 saturated heterocycles. The van der Waals surface area contributed by atoms with E-state index < -0.39 is 0 Å². The Morgan fingerprint density at radius 1 is 1.38 bits per heavy atom. The average Bonchev–Trinajstić information content (AvgIpc) is 3.25. The monoisotopic (exact) mass is 342 g/mol. The maximum atomic E-state index is 12.5. The lowest BCUT2D eigenvalue weighted by molar-refractivity contribution is -0.128. The SMILES string of the molecule is Cc1nc(NC(=O)[C@H]2CC(=O)N(C3CC3)C2)sc1-c1ccccn1. The van der Waals surface area contributed by atoms with Crippen LogP contribution in [0.5, 0.6) is 0 Å². The number of anilines is 1. The summed E-state index contributed by atoms with van der Waals surface area (Å²) in [5.74, 6) is -0.296. The van der Waals surface area contributed by atoms with E-state index in [2.05, 4.69) is 15.3 Å². The number of carbonyl (C=O) groups is 2. The molecule has 3 heterocycles. The molecule has 7 heteroatoms. The smallest absolute Gasteiger partial charge is 0.231 e. The molecule has 1 saturated carbocycles. The van der Waals surface area contributed by atoms with Gasteiger partial charge in [0.05, 0.1) is 22.2 Å². The van der Waals surface area contributed by atoms with E-state index in [1.165, 1.54) is 11.3 Å². The minimum atomic E-state index is -0.277. The number of carbonyl (C=O) groups excluding carboxylic acids is 2. The van der Waals surface area contributed by atoms with Crippen molar-refractivity contribution in [1.82, 2.24) is 14.9 Å². The number of hydrogen-bond donors (Lipinski definition) is 1. The molecule has 1 atom stereocenters. The van der Waals surface area contributed by atoms with Crippen LogP contribution < -0.4 is 5.32 Å². The number of amides is 2. The second-order valence-electron chi connectivity index (χ2n) is 6.32. The van der Waals surface area contributed by atoms with Crippen LogP contribution in [0.3, 0.4) is 0 Å². The second kappa shape index (κ2) is 5.98. The van der Waals surface area contributed by atoms with Crippen molar-refractivity contribution in [3.05, 3.63) is 30.1 Å². The number of nitrogens with one attached hydrogen (secondary N) is 1. The van der Waals surface area contributed by atoms with Crippen molar-refractivity contribution >= 4 is 28.3 Å². The van der Waals surface area contributed by atoms with Gasteiger partial charge in [-0.3, -0.25) is 14.6 Å². The third-order valence-electron chi connectivity index (χ3n) is 4.44. The lowest BCUT2D eigenvalue weighted by Crippen LogP contribution is -2.29. The van der Waals surface area contributed by atoms with Crippen LogP contribution in [0.15, 0.2) is 24.4 Å². The van der Waals surface area contributed by atoms with Crippen LogP contribution in [-0.4, -0.2) is 39.3 Å².